The topological polar surface area (TPSA) is 64.7 Å². The summed E-state index contributed by atoms with van der Waals surface area (Å²) in [6, 6.07) is 0. The fraction of sp³-hybridized carbons (Fsp3) is 0.800. The summed E-state index contributed by atoms with van der Waals surface area (Å²) in [5.41, 5.74) is 5.53. The number of aliphatic hydroxyl groups excluding tert-OH is 1. The molecule has 1 unspecified atom stereocenters. The summed E-state index contributed by atoms with van der Waals surface area (Å²) in [6.45, 7) is 6.52. The molecule has 4 nitrogen and oxygen atoms in total. The lowest BCUT2D eigenvalue weighted by Crippen LogP contribution is -2.52. The van der Waals surface area contributed by atoms with Gasteiger partial charge in [0, 0.05) is 13.2 Å². The molecule has 44 heavy (non-hydrogen) atoms. The van der Waals surface area contributed by atoms with E-state index in [1.807, 2.05) is 0 Å². The van der Waals surface area contributed by atoms with Gasteiger partial charge in [0.25, 0.3) is 0 Å². The van der Waals surface area contributed by atoms with Crippen molar-refractivity contribution in [2.24, 2.45) is 5.73 Å². The predicted molar refractivity (Wildman–Crippen MR) is 194 cm³/mol. The molecule has 0 fully saturated rings. The highest BCUT2D eigenvalue weighted by molar-refractivity contribution is 4.93. The molecule has 0 heterocycles. The van der Waals surface area contributed by atoms with E-state index in [0.29, 0.717) is 26.4 Å². The van der Waals surface area contributed by atoms with Crippen molar-refractivity contribution < 1.29 is 14.6 Å². The summed E-state index contributed by atoms with van der Waals surface area (Å²) in [5.74, 6) is 0. The first kappa shape index (κ1) is 42.8. The fourth-order valence-electron chi connectivity index (χ4n) is 5.07. The molecule has 4 heteroatoms. The molecule has 0 aromatic heterocycles. The van der Waals surface area contributed by atoms with Crippen LogP contribution in [0.4, 0.5) is 0 Å². The molecule has 0 rings (SSSR count). The minimum Gasteiger partial charge on any atom is -0.394 e. The molecule has 0 aliphatic heterocycles. The van der Waals surface area contributed by atoms with Crippen molar-refractivity contribution in [2.45, 2.75) is 173 Å². The van der Waals surface area contributed by atoms with E-state index in [-0.39, 0.29) is 6.61 Å². The van der Waals surface area contributed by atoms with E-state index in [0.717, 1.165) is 25.7 Å². The molecule has 0 saturated carbocycles. The number of hydrogen-bond donors (Lipinski definition) is 2. The Morgan fingerprint density at radius 2 is 0.773 bits per heavy atom. The van der Waals surface area contributed by atoms with Crippen molar-refractivity contribution in [3.05, 3.63) is 48.6 Å². The highest BCUT2D eigenvalue weighted by Gasteiger charge is 2.24. The average Bonchev–Trinajstić information content (AvgIpc) is 3.03. The zero-order chi connectivity index (χ0) is 32.1. The number of allylic oxidation sites excluding steroid dienone is 8. The smallest absolute Gasteiger partial charge is 0.0862 e. The van der Waals surface area contributed by atoms with Crippen LogP contribution in [0.25, 0.3) is 0 Å². The lowest BCUT2D eigenvalue weighted by Gasteiger charge is -2.26. The summed E-state index contributed by atoms with van der Waals surface area (Å²) in [6.07, 6.45) is 48.3. The van der Waals surface area contributed by atoms with Crippen molar-refractivity contribution in [2.75, 3.05) is 33.0 Å². The van der Waals surface area contributed by atoms with Crippen LogP contribution in [0.15, 0.2) is 48.6 Å². The zero-order valence-electron chi connectivity index (χ0n) is 29.5. The second kappa shape index (κ2) is 36.3. The van der Waals surface area contributed by atoms with E-state index in [9.17, 15) is 5.11 Å². The Bertz CT molecular complexity index is 618. The third-order valence-electron chi connectivity index (χ3n) is 8.07. The van der Waals surface area contributed by atoms with Crippen LogP contribution < -0.4 is 5.73 Å². The van der Waals surface area contributed by atoms with Gasteiger partial charge in [0.05, 0.1) is 25.4 Å². The van der Waals surface area contributed by atoms with Gasteiger partial charge in [-0.25, -0.2) is 0 Å². The van der Waals surface area contributed by atoms with Crippen molar-refractivity contribution >= 4 is 0 Å². The molecule has 1 atom stereocenters. The SMILES string of the molecule is CCCCC/C=C\C/C=C\CCCCCCCCOCC(N)(CO)COCCCCCCCC/C=C/C/C=C\CCCCC. The normalized spacial score (nSPS) is 13.8. The largest absolute Gasteiger partial charge is 0.394 e. The standard InChI is InChI=1S/C40H75NO3/c1-3-5-7-9-11-13-15-17-19-21-23-25-27-29-31-33-35-43-38-40(41,37-42)39-44-36-34-32-30-28-26-24-22-20-18-16-14-12-10-8-6-4-2/h11-14,17-20,42H,3-10,15-16,21-39,41H2,1-2H3/b13-11-,14-12-,19-17-,20-18+. The highest BCUT2D eigenvalue weighted by atomic mass is 16.5. The molecule has 0 saturated heterocycles. The van der Waals surface area contributed by atoms with Crippen LogP contribution in [-0.2, 0) is 9.47 Å². The van der Waals surface area contributed by atoms with Crippen LogP contribution in [0.2, 0.25) is 0 Å². The Morgan fingerprint density at radius 3 is 1.11 bits per heavy atom. The molecule has 0 bridgehead atoms. The molecule has 0 radical (unpaired) electrons. The van der Waals surface area contributed by atoms with Gasteiger partial charge in [0.1, 0.15) is 0 Å². The Balaban J connectivity index is 3.49. The molecule has 3 N–H and O–H groups in total. The quantitative estimate of drug-likeness (QED) is 0.0548. The van der Waals surface area contributed by atoms with Crippen molar-refractivity contribution in [1.29, 1.82) is 0 Å². The van der Waals surface area contributed by atoms with E-state index in [2.05, 4.69) is 62.5 Å². The molecule has 0 amide bonds. The number of ether oxygens (including phenoxy) is 2. The summed E-state index contributed by atoms with van der Waals surface area (Å²) in [7, 11) is 0. The molecular weight excluding hydrogens is 542 g/mol. The fourth-order valence-corrected chi connectivity index (χ4v) is 5.07. The van der Waals surface area contributed by atoms with Crippen molar-refractivity contribution in [3.63, 3.8) is 0 Å². The number of aliphatic hydroxyl groups is 1. The molecule has 0 aromatic carbocycles. The van der Waals surface area contributed by atoms with Gasteiger partial charge in [-0.3, -0.25) is 0 Å². The lowest BCUT2D eigenvalue weighted by molar-refractivity contribution is -0.00366. The maximum atomic E-state index is 9.77. The van der Waals surface area contributed by atoms with Crippen LogP contribution in [0.1, 0.15) is 168 Å². The Hall–Kier alpha value is -1.20. The summed E-state index contributed by atoms with van der Waals surface area (Å²) >= 11 is 0. The highest BCUT2D eigenvalue weighted by Crippen LogP contribution is 2.11. The van der Waals surface area contributed by atoms with Crippen molar-refractivity contribution in [1.82, 2.24) is 0 Å². The molecule has 0 aliphatic carbocycles. The van der Waals surface area contributed by atoms with Crippen molar-refractivity contribution in [3.8, 4) is 0 Å². The van der Waals surface area contributed by atoms with Gasteiger partial charge in [-0.15, -0.1) is 0 Å². The van der Waals surface area contributed by atoms with E-state index in [4.69, 9.17) is 15.2 Å². The van der Waals surface area contributed by atoms with Crippen LogP contribution >= 0.6 is 0 Å². The average molecular weight is 618 g/mol. The third kappa shape index (κ3) is 33.7. The second-order valence-corrected chi connectivity index (χ2v) is 12.8. The van der Waals surface area contributed by atoms with Crippen LogP contribution in [0, 0.1) is 0 Å². The van der Waals surface area contributed by atoms with E-state index < -0.39 is 5.54 Å². The summed E-state index contributed by atoms with van der Waals surface area (Å²) in [5, 5.41) is 9.77. The number of nitrogens with two attached hydrogens (primary N) is 1. The van der Waals surface area contributed by atoms with E-state index >= 15 is 0 Å². The minimum absolute atomic E-state index is 0.111. The summed E-state index contributed by atoms with van der Waals surface area (Å²) < 4.78 is 11.6. The Labute approximate surface area is 275 Å². The molecule has 0 aliphatic rings. The first-order chi connectivity index (χ1) is 21.7. The Kier molecular flexibility index (Phi) is 35.3. The third-order valence-corrected chi connectivity index (χ3v) is 8.07. The predicted octanol–water partition coefficient (Wildman–Crippen LogP) is 11.3. The van der Waals surface area contributed by atoms with Gasteiger partial charge in [0.2, 0.25) is 0 Å². The maximum Gasteiger partial charge on any atom is 0.0862 e. The minimum atomic E-state index is -0.795. The van der Waals surface area contributed by atoms with Gasteiger partial charge >= 0.3 is 0 Å². The van der Waals surface area contributed by atoms with E-state index in [1.54, 1.807) is 0 Å². The monoisotopic (exact) mass is 618 g/mol. The lowest BCUT2D eigenvalue weighted by atomic mass is 10.1. The number of unbranched alkanes of at least 4 members (excludes halogenated alkanes) is 18. The second-order valence-electron chi connectivity index (χ2n) is 12.8. The van der Waals surface area contributed by atoms with Gasteiger partial charge in [0.15, 0.2) is 0 Å². The van der Waals surface area contributed by atoms with E-state index in [1.165, 1.54) is 128 Å². The van der Waals surface area contributed by atoms with Gasteiger partial charge < -0.3 is 20.3 Å². The number of rotatable bonds is 35. The first-order valence-electron chi connectivity index (χ1n) is 18.8. The van der Waals surface area contributed by atoms with Crippen LogP contribution in [0.5, 0.6) is 0 Å². The van der Waals surface area contributed by atoms with Gasteiger partial charge in [-0.1, -0.05) is 140 Å². The zero-order valence-corrected chi connectivity index (χ0v) is 29.5. The molecule has 0 spiro atoms. The maximum absolute atomic E-state index is 9.77. The molecular formula is C40H75NO3. The molecule has 258 valence electrons. The number of hydrogen-bond acceptors (Lipinski definition) is 4. The first-order valence-corrected chi connectivity index (χ1v) is 18.8. The van der Waals surface area contributed by atoms with Gasteiger partial charge in [-0.2, -0.15) is 0 Å². The molecule has 0 aromatic rings. The van der Waals surface area contributed by atoms with Crippen LogP contribution in [-0.4, -0.2) is 43.7 Å². The van der Waals surface area contributed by atoms with Gasteiger partial charge in [-0.05, 0) is 77.0 Å². The summed E-state index contributed by atoms with van der Waals surface area (Å²) in [4.78, 5) is 0. The Morgan fingerprint density at radius 1 is 0.455 bits per heavy atom. The van der Waals surface area contributed by atoms with Crippen LogP contribution in [0.3, 0.4) is 0 Å².